The molecule has 0 saturated heterocycles. The molecule has 1 amide bonds. The minimum atomic E-state index is -0.235. The molecule has 1 aromatic rings. The fourth-order valence-corrected chi connectivity index (χ4v) is 2.64. The summed E-state index contributed by atoms with van der Waals surface area (Å²) in [6, 6.07) is 4.60. The third-order valence-corrected chi connectivity index (χ3v) is 4.17. The largest absolute Gasteiger partial charge is 0.399 e. The van der Waals surface area contributed by atoms with Crippen LogP contribution in [0, 0.1) is 31.0 Å². The number of amides is 1. The highest BCUT2D eigenvalue weighted by atomic mass is 19.1. The van der Waals surface area contributed by atoms with Crippen molar-refractivity contribution in [3.05, 3.63) is 29.6 Å². The molecule has 4 heteroatoms. The molecule has 22 heavy (non-hydrogen) atoms. The second kappa shape index (κ2) is 8.43. The van der Waals surface area contributed by atoms with Crippen molar-refractivity contribution >= 4 is 11.6 Å². The highest BCUT2D eigenvalue weighted by molar-refractivity contribution is 5.73. The lowest BCUT2D eigenvalue weighted by Gasteiger charge is -2.34. The monoisotopic (exact) mass is 304 g/mol. The van der Waals surface area contributed by atoms with Gasteiger partial charge in [0.1, 0.15) is 5.82 Å². The van der Waals surface area contributed by atoms with Crippen LogP contribution in [-0.2, 0) is 4.79 Å². The number of anilines is 1. The van der Waals surface area contributed by atoms with Crippen LogP contribution in [0.1, 0.15) is 38.2 Å². The number of nitrogens with zero attached hydrogens (tertiary/aromatic N) is 1. The first-order valence-electron chi connectivity index (χ1n) is 7.58. The molecule has 0 spiro atoms. The Morgan fingerprint density at radius 2 is 2.05 bits per heavy atom. The Labute approximate surface area is 132 Å². The molecular weight excluding hydrogens is 279 g/mol. The summed E-state index contributed by atoms with van der Waals surface area (Å²) in [5.74, 6) is 2.95. The number of terminal acetylenes is 1. The van der Waals surface area contributed by atoms with Crippen LogP contribution in [0.15, 0.2) is 18.2 Å². The number of carbonyl (C=O) groups is 1. The Bertz CT molecular complexity index is 551. The van der Waals surface area contributed by atoms with Crippen LogP contribution < -0.4 is 5.73 Å². The third-order valence-electron chi connectivity index (χ3n) is 4.17. The van der Waals surface area contributed by atoms with E-state index in [1.807, 2.05) is 7.05 Å². The molecule has 2 N–H and O–H groups in total. The quantitative estimate of drug-likeness (QED) is 0.638. The van der Waals surface area contributed by atoms with Gasteiger partial charge in [-0.25, -0.2) is 4.39 Å². The highest BCUT2D eigenvalue weighted by Gasteiger charge is 2.27. The number of rotatable bonds is 1. The van der Waals surface area contributed by atoms with E-state index in [0.29, 0.717) is 5.69 Å². The smallest absolute Gasteiger partial charge is 0.219 e. The number of nitrogen functional groups attached to an aromatic ring is 1. The second-order valence-electron chi connectivity index (χ2n) is 5.76. The highest BCUT2D eigenvalue weighted by Crippen LogP contribution is 2.27. The average molecular weight is 304 g/mol. The molecule has 2 atom stereocenters. The number of hydrogen-bond donors (Lipinski definition) is 1. The van der Waals surface area contributed by atoms with Gasteiger partial charge in [0.2, 0.25) is 5.91 Å². The van der Waals surface area contributed by atoms with Gasteiger partial charge in [-0.15, -0.1) is 12.3 Å². The van der Waals surface area contributed by atoms with Gasteiger partial charge >= 0.3 is 0 Å². The maximum Gasteiger partial charge on any atom is 0.219 e. The first-order valence-corrected chi connectivity index (χ1v) is 7.58. The minimum absolute atomic E-state index is 0.118. The zero-order chi connectivity index (χ0) is 16.7. The van der Waals surface area contributed by atoms with E-state index in [1.54, 1.807) is 24.8 Å². The van der Waals surface area contributed by atoms with Gasteiger partial charge in [-0.2, -0.15) is 0 Å². The molecule has 120 valence electrons. The number of benzene rings is 1. The summed E-state index contributed by atoms with van der Waals surface area (Å²) in [5, 5.41) is 0. The number of carbonyl (C=O) groups excluding carboxylic acids is 1. The Kier molecular flexibility index (Phi) is 6.91. The third kappa shape index (κ3) is 5.07. The van der Waals surface area contributed by atoms with E-state index in [1.165, 1.54) is 25.0 Å². The Balaban J connectivity index is 0.000000235. The summed E-state index contributed by atoms with van der Waals surface area (Å²) >= 11 is 0. The summed E-state index contributed by atoms with van der Waals surface area (Å²) in [6.45, 7) is 3.38. The Morgan fingerprint density at radius 3 is 2.55 bits per heavy atom. The summed E-state index contributed by atoms with van der Waals surface area (Å²) < 4.78 is 12.3. The molecule has 0 radical (unpaired) electrons. The maximum atomic E-state index is 12.3. The van der Waals surface area contributed by atoms with Crippen molar-refractivity contribution in [2.45, 2.75) is 45.6 Å². The van der Waals surface area contributed by atoms with Crippen LogP contribution in [0.25, 0.3) is 0 Å². The van der Waals surface area contributed by atoms with Gasteiger partial charge in [0.15, 0.2) is 0 Å². The molecule has 1 aliphatic rings. The average Bonchev–Trinajstić information content (AvgIpc) is 2.51. The van der Waals surface area contributed by atoms with Crippen molar-refractivity contribution in [3.8, 4) is 12.3 Å². The molecule has 0 heterocycles. The van der Waals surface area contributed by atoms with Crippen LogP contribution in [0.2, 0.25) is 0 Å². The minimum Gasteiger partial charge on any atom is -0.399 e. The fourth-order valence-electron chi connectivity index (χ4n) is 2.64. The molecule has 0 aliphatic heterocycles. The first kappa shape index (κ1) is 18.0. The van der Waals surface area contributed by atoms with Crippen LogP contribution in [0.5, 0.6) is 0 Å². The predicted molar refractivity (Wildman–Crippen MR) is 88.6 cm³/mol. The Hall–Kier alpha value is -2.02. The molecule has 2 rings (SSSR count). The molecule has 1 fully saturated rings. The second-order valence-corrected chi connectivity index (χ2v) is 5.76. The van der Waals surface area contributed by atoms with Crippen LogP contribution in [-0.4, -0.2) is 23.9 Å². The van der Waals surface area contributed by atoms with E-state index >= 15 is 0 Å². The van der Waals surface area contributed by atoms with Crippen molar-refractivity contribution in [3.63, 3.8) is 0 Å². The van der Waals surface area contributed by atoms with Crippen molar-refractivity contribution in [1.82, 2.24) is 4.90 Å². The zero-order valence-electron chi connectivity index (χ0n) is 13.6. The lowest BCUT2D eigenvalue weighted by Crippen LogP contribution is -2.42. The number of nitrogens with two attached hydrogens (primary N) is 1. The standard InChI is InChI=1S/C11H17NO.C7H8FN/c1-4-10-7-5-6-8-11(10)12(3)9(2)13;1-5-4-6(8)2-3-7(5)9/h1,10-11H,5-8H2,2-3H3;2-4H,9H2,1H3/t10-,11-;/m1./s1. The van der Waals surface area contributed by atoms with Crippen LogP contribution in [0.4, 0.5) is 10.1 Å². The van der Waals surface area contributed by atoms with E-state index < -0.39 is 0 Å². The lowest BCUT2D eigenvalue weighted by atomic mass is 9.84. The van der Waals surface area contributed by atoms with Gasteiger partial charge in [-0.1, -0.05) is 12.8 Å². The molecule has 1 aromatic carbocycles. The fraction of sp³-hybridized carbons (Fsp3) is 0.500. The van der Waals surface area contributed by atoms with Crippen molar-refractivity contribution in [2.24, 2.45) is 5.92 Å². The van der Waals surface area contributed by atoms with Crippen molar-refractivity contribution in [1.29, 1.82) is 0 Å². The maximum absolute atomic E-state index is 12.3. The summed E-state index contributed by atoms with van der Waals surface area (Å²) in [6.07, 6.45) is 9.97. The molecule has 0 bridgehead atoms. The molecule has 3 nitrogen and oxygen atoms in total. The topological polar surface area (TPSA) is 46.3 Å². The normalized spacial score (nSPS) is 20.3. The number of aryl methyl sites for hydroxylation is 1. The van der Waals surface area contributed by atoms with Gasteiger partial charge in [-0.3, -0.25) is 4.79 Å². The molecule has 0 unspecified atom stereocenters. The van der Waals surface area contributed by atoms with E-state index in [-0.39, 0.29) is 23.7 Å². The summed E-state index contributed by atoms with van der Waals surface area (Å²) in [4.78, 5) is 13.0. The molecule has 1 aliphatic carbocycles. The van der Waals surface area contributed by atoms with E-state index in [0.717, 1.165) is 18.4 Å². The molecule has 0 aromatic heterocycles. The van der Waals surface area contributed by atoms with Crippen molar-refractivity contribution < 1.29 is 9.18 Å². The van der Waals surface area contributed by atoms with E-state index in [9.17, 15) is 9.18 Å². The van der Waals surface area contributed by atoms with Crippen LogP contribution in [0.3, 0.4) is 0 Å². The van der Waals surface area contributed by atoms with E-state index in [4.69, 9.17) is 12.2 Å². The van der Waals surface area contributed by atoms with Gasteiger partial charge in [0.05, 0.1) is 0 Å². The summed E-state index contributed by atoms with van der Waals surface area (Å²) in [7, 11) is 1.85. The van der Waals surface area contributed by atoms with Crippen molar-refractivity contribution in [2.75, 3.05) is 12.8 Å². The van der Waals surface area contributed by atoms with Gasteiger partial charge < -0.3 is 10.6 Å². The lowest BCUT2D eigenvalue weighted by molar-refractivity contribution is -0.130. The zero-order valence-corrected chi connectivity index (χ0v) is 13.6. The number of halogens is 1. The molecular formula is C18H25FN2O. The Morgan fingerprint density at radius 1 is 1.41 bits per heavy atom. The van der Waals surface area contributed by atoms with Gasteiger partial charge in [0.25, 0.3) is 0 Å². The SMILES string of the molecule is C#C[C@@H]1CCCC[C@H]1N(C)C(C)=O.Cc1cc(F)ccc1N. The van der Waals surface area contributed by atoms with E-state index in [2.05, 4.69) is 5.92 Å². The number of hydrogen-bond acceptors (Lipinski definition) is 2. The van der Waals surface area contributed by atoms with Crippen LogP contribution >= 0.6 is 0 Å². The van der Waals surface area contributed by atoms with Gasteiger partial charge in [-0.05, 0) is 43.5 Å². The molecule has 1 saturated carbocycles. The van der Waals surface area contributed by atoms with Gasteiger partial charge in [0, 0.05) is 31.6 Å². The first-order chi connectivity index (χ1) is 10.4. The predicted octanol–water partition coefficient (Wildman–Crippen LogP) is 3.37. The summed E-state index contributed by atoms with van der Waals surface area (Å²) in [5.41, 5.74) is 6.84.